The summed E-state index contributed by atoms with van der Waals surface area (Å²) in [7, 11) is 1.64. The zero-order chi connectivity index (χ0) is 6.85. The highest BCUT2D eigenvalue weighted by Gasteiger charge is 2.22. The van der Waals surface area contributed by atoms with Gasteiger partial charge in [0.15, 0.2) is 0 Å². The molecule has 0 spiro atoms. The molecular weight excluding hydrogens is 156 g/mol. The van der Waals surface area contributed by atoms with Gasteiger partial charge in [-0.05, 0) is 0 Å². The van der Waals surface area contributed by atoms with Crippen molar-refractivity contribution >= 4 is 18.4 Å². The number of nitrogens with one attached hydrogen (secondary N) is 2. The number of hydrazine groups is 1. The molecule has 0 aromatic heterocycles. The van der Waals surface area contributed by atoms with Crippen molar-refractivity contribution < 1.29 is 4.79 Å². The van der Waals surface area contributed by atoms with Crippen LogP contribution in [0, 0.1) is 0 Å². The van der Waals surface area contributed by atoms with Crippen LogP contribution in [0.25, 0.3) is 0 Å². The molecule has 1 aliphatic heterocycles. The second-order valence-corrected chi connectivity index (χ2v) is 1.93. The van der Waals surface area contributed by atoms with E-state index in [1.165, 1.54) is 5.01 Å². The first kappa shape index (κ1) is 9.48. The Morgan fingerprint density at radius 2 is 2.40 bits per heavy atom. The van der Waals surface area contributed by atoms with Crippen LogP contribution < -0.4 is 16.5 Å². The lowest BCUT2D eigenvalue weighted by atomic mass is 10.5. The number of halogens is 1. The molecule has 0 aromatic rings. The van der Waals surface area contributed by atoms with Crippen molar-refractivity contribution in [2.45, 2.75) is 6.17 Å². The van der Waals surface area contributed by atoms with Crippen LogP contribution >= 0.6 is 12.4 Å². The van der Waals surface area contributed by atoms with Gasteiger partial charge in [0, 0.05) is 13.6 Å². The summed E-state index contributed by atoms with van der Waals surface area (Å²) in [5, 5.41) is 3.98. The summed E-state index contributed by atoms with van der Waals surface area (Å²) in [6.45, 7) is 0.413. The molecule has 1 atom stereocenters. The van der Waals surface area contributed by atoms with Crippen molar-refractivity contribution in [2.24, 2.45) is 5.73 Å². The van der Waals surface area contributed by atoms with Gasteiger partial charge in [-0.3, -0.25) is 5.01 Å². The van der Waals surface area contributed by atoms with Crippen LogP contribution in [0.3, 0.4) is 0 Å². The van der Waals surface area contributed by atoms with Gasteiger partial charge in [0.25, 0.3) is 0 Å². The fraction of sp³-hybridized carbons (Fsp3) is 0.750. The number of rotatable bonds is 1. The minimum absolute atomic E-state index is 0. The van der Waals surface area contributed by atoms with Gasteiger partial charge in [-0.1, -0.05) is 0 Å². The summed E-state index contributed by atoms with van der Waals surface area (Å²) < 4.78 is 0. The highest BCUT2D eigenvalue weighted by Crippen LogP contribution is 1.90. The van der Waals surface area contributed by atoms with E-state index in [9.17, 15) is 4.79 Å². The third kappa shape index (κ3) is 1.73. The Bertz CT molecular complexity index is 130. The van der Waals surface area contributed by atoms with Gasteiger partial charge in [-0.25, -0.2) is 10.2 Å². The Morgan fingerprint density at radius 1 is 1.80 bits per heavy atom. The van der Waals surface area contributed by atoms with E-state index in [1.54, 1.807) is 7.05 Å². The van der Waals surface area contributed by atoms with Gasteiger partial charge in [0.2, 0.25) is 0 Å². The van der Waals surface area contributed by atoms with E-state index in [0.717, 1.165) is 0 Å². The number of carbonyl (C=O) groups is 1. The summed E-state index contributed by atoms with van der Waals surface area (Å²) in [5.74, 6) is 0. The van der Waals surface area contributed by atoms with Crippen molar-refractivity contribution in [3.63, 3.8) is 0 Å². The van der Waals surface area contributed by atoms with E-state index < -0.39 is 0 Å². The molecule has 0 radical (unpaired) electrons. The normalized spacial score (nSPS) is 24.0. The summed E-state index contributed by atoms with van der Waals surface area (Å²) in [6, 6.07) is -0.134. The maximum atomic E-state index is 10.6. The highest BCUT2D eigenvalue weighted by molar-refractivity contribution is 5.85. The zero-order valence-corrected chi connectivity index (χ0v) is 6.44. The summed E-state index contributed by atoms with van der Waals surface area (Å²) in [4.78, 5) is 10.6. The van der Waals surface area contributed by atoms with E-state index in [4.69, 9.17) is 5.73 Å². The fourth-order valence-electron chi connectivity index (χ4n) is 0.682. The smallest absolute Gasteiger partial charge is 0.327 e. The van der Waals surface area contributed by atoms with Gasteiger partial charge in [0.05, 0.1) is 0 Å². The van der Waals surface area contributed by atoms with Crippen LogP contribution in [0.4, 0.5) is 4.79 Å². The number of hydrogen-bond donors (Lipinski definition) is 3. The Morgan fingerprint density at radius 3 is 2.60 bits per heavy atom. The van der Waals surface area contributed by atoms with E-state index in [1.807, 2.05) is 0 Å². The van der Waals surface area contributed by atoms with E-state index >= 15 is 0 Å². The minimum Gasteiger partial charge on any atom is -0.327 e. The SMILES string of the molecule is CN1NC(CN)NC1=O.Cl. The second kappa shape index (κ2) is 3.60. The molecule has 2 amide bonds. The number of nitrogens with two attached hydrogens (primary N) is 1. The number of urea groups is 1. The van der Waals surface area contributed by atoms with E-state index in [2.05, 4.69) is 10.7 Å². The van der Waals surface area contributed by atoms with Crippen molar-refractivity contribution in [2.75, 3.05) is 13.6 Å². The summed E-state index contributed by atoms with van der Waals surface area (Å²) in [6.07, 6.45) is -0.0949. The molecule has 5 nitrogen and oxygen atoms in total. The fourth-order valence-corrected chi connectivity index (χ4v) is 0.682. The lowest BCUT2D eigenvalue weighted by Gasteiger charge is -2.07. The molecule has 0 bridgehead atoms. The number of amides is 2. The molecule has 0 aliphatic carbocycles. The number of carbonyl (C=O) groups excluding carboxylic acids is 1. The van der Waals surface area contributed by atoms with Crippen LogP contribution in [-0.2, 0) is 0 Å². The molecule has 1 saturated heterocycles. The van der Waals surface area contributed by atoms with Crippen molar-refractivity contribution in [1.29, 1.82) is 0 Å². The lowest BCUT2D eigenvalue weighted by Crippen LogP contribution is -2.40. The molecule has 1 fully saturated rings. The van der Waals surface area contributed by atoms with Crippen LogP contribution in [0.5, 0.6) is 0 Å². The van der Waals surface area contributed by atoms with E-state index in [-0.39, 0.29) is 24.6 Å². The Hall–Kier alpha value is -0.520. The van der Waals surface area contributed by atoms with Gasteiger partial charge in [0.1, 0.15) is 6.17 Å². The maximum absolute atomic E-state index is 10.6. The van der Waals surface area contributed by atoms with Gasteiger partial charge in [-0.2, -0.15) is 0 Å². The molecule has 1 aliphatic rings. The van der Waals surface area contributed by atoms with Crippen LogP contribution in [0.15, 0.2) is 0 Å². The molecule has 4 N–H and O–H groups in total. The Labute approximate surface area is 65.3 Å². The van der Waals surface area contributed by atoms with Gasteiger partial charge < -0.3 is 11.1 Å². The minimum atomic E-state index is -0.134. The average Bonchev–Trinajstić information content (AvgIpc) is 2.13. The summed E-state index contributed by atoms with van der Waals surface area (Å²) in [5.41, 5.74) is 8.06. The first-order chi connectivity index (χ1) is 4.24. The second-order valence-electron chi connectivity index (χ2n) is 1.93. The molecule has 0 saturated carbocycles. The molecule has 0 aromatic carbocycles. The number of hydrogen-bond acceptors (Lipinski definition) is 3. The average molecular weight is 167 g/mol. The predicted octanol–water partition coefficient (Wildman–Crippen LogP) is -1.15. The monoisotopic (exact) mass is 166 g/mol. The van der Waals surface area contributed by atoms with Crippen molar-refractivity contribution in [3.8, 4) is 0 Å². The third-order valence-corrected chi connectivity index (χ3v) is 1.19. The standard InChI is InChI=1S/C4H10N4O.ClH/c1-8-4(9)6-3(2-5)7-8;/h3,7H,2,5H2,1H3,(H,6,9);1H. The Kier molecular flexibility index (Phi) is 3.41. The molecule has 6 heteroatoms. The topological polar surface area (TPSA) is 70.4 Å². The summed E-state index contributed by atoms with van der Waals surface area (Å²) >= 11 is 0. The zero-order valence-electron chi connectivity index (χ0n) is 5.63. The molecule has 1 heterocycles. The van der Waals surface area contributed by atoms with Crippen molar-refractivity contribution in [1.82, 2.24) is 15.8 Å². The quantitative estimate of drug-likeness (QED) is 0.461. The molecule has 60 valence electrons. The lowest BCUT2D eigenvalue weighted by molar-refractivity contribution is 0.213. The predicted molar refractivity (Wildman–Crippen MR) is 39.5 cm³/mol. The van der Waals surface area contributed by atoms with Crippen LogP contribution in [0.2, 0.25) is 0 Å². The molecule has 10 heavy (non-hydrogen) atoms. The highest BCUT2D eigenvalue weighted by atomic mass is 35.5. The molecule has 1 rings (SSSR count). The first-order valence-electron chi connectivity index (χ1n) is 2.74. The first-order valence-corrected chi connectivity index (χ1v) is 2.74. The van der Waals surface area contributed by atoms with Crippen LogP contribution in [-0.4, -0.2) is 30.8 Å². The van der Waals surface area contributed by atoms with Crippen molar-refractivity contribution in [3.05, 3.63) is 0 Å². The third-order valence-electron chi connectivity index (χ3n) is 1.19. The molecule has 1 unspecified atom stereocenters. The maximum Gasteiger partial charge on any atom is 0.332 e. The molecular formula is C4H11ClN4O. The van der Waals surface area contributed by atoms with Crippen LogP contribution in [0.1, 0.15) is 0 Å². The van der Waals surface area contributed by atoms with Gasteiger partial charge >= 0.3 is 6.03 Å². The largest absolute Gasteiger partial charge is 0.332 e. The Balaban J connectivity index is 0.000000810. The van der Waals surface area contributed by atoms with Gasteiger partial charge in [-0.15, -0.1) is 12.4 Å². The van der Waals surface area contributed by atoms with E-state index in [0.29, 0.717) is 6.54 Å². The number of nitrogens with zero attached hydrogens (tertiary/aromatic N) is 1.